The predicted octanol–water partition coefficient (Wildman–Crippen LogP) is 3.45. The highest BCUT2D eigenvalue weighted by Gasteiger charge is 2.20. The SMILES string of the molecule is CC.Cc1noc(C2CCCCC2)n1. The lowest BCUT2D eigenvalue weighted by atomic mass is 9.89. The van der Waals surface area contributed by atoms with Crippen molar-refractivity contribution in [1.82, 2.24) is 10.1 Å². The van der Waals surface area contributed by atoms with E-state index in [4.69, 9.17) is 4.52 Å². The molecule has 2 rings (SSSR count). The molecule has 1 heterocycles. The number of aryl methyl sites for hydroxylation is 1. The van der Waals surface area contributed by atoms with E-state index in [1.54, 1.807) is 0 Å². The molecule has 14 heavy (non-hydrogen) atoms. The average Bonchev–Trinajstić information content (AvgIpc) is 2.69. The standard InChI is InChI=1S/C9H14N2O.C2H6/c1-7-10-9(12-11-7)8-5-3-2-4-6-8;1-2/h8H,2-6H2,1H3;1-2H3. The van der Waals surface area contributed by atoms with Crippen LogP contribution < -0.4 is 0 Å². The summed E-state index contributed by atoms with van der Waals surface area (Å²) in [6.07, 6.45) is 6.44. The normalized spacial score (nSPS) is 17.4. The second-order valence-corrected chi connectivity index (χ2v) is 3.51. The number of nitrogens with zero attached hydrogens (tertiary/aromatic N) is 2. The Bertz CT molecular complexity index is 252. The zero-order valence-corrected chi connectivity index (χ0v) is 9.42. The first-order valence-corrected chi connectivity index (χ1v) is 5.66. The van der Waals surface area contributed by atoms with Gasteiger partial charge in [0.1, 0.15) is 0 Å². The molecule has 0 bridgehead atoms. The monoisotopic (exact) mass is 196 g/mol. The van der Waals surface area contributed by atoms with Crippen molar-refractivity contribution in [2.45, 2.75) is 58.8 Å². The van der Waals surface area contributed by atoms with E-state index in [0.29, 0.717) is 5.92 Å². The summed E-state index contributed by atoms with van der Waals surface area (Å²) in [5, 5.41) is 3.81. The van der Waals surface area contributed by atoms with Gasteiger partial charge in [0.2, 0.25) is 5.89 Å². The zero-order valence-electron chi connectivity index (χ0n) is 9.42. The lowest BCUT2D eigenvalue weighted by Gasteiger charge is -2.17. The summed E-state index contributed by atoms with van der Waals surface area (Å²) in [5.74, 6) is 2.16. The van der Waals surface area contributed by atoms with Crippen molar-refractivity contribution < 1.29 is 4.52 Å². The molecule has 0 aliphatic heterocycles. The van der Waals surface area contributed by atoms with Gasteiger partial charge in [-0.05, 0) is 19.8 Å². The zero-order chi connectivity index (χ0) is 10.4. The molecule has 0 unspecified atom stereocenters. The topological polar surface area (TPSA) is 38.9 Å². The molecule has 1 fully saturated rings. The van der Waals surface area contributed by atoms with E-state index in [1.807, 2.05) is 20.8 Å². The predicted molar refractivity (Wildman–Crippen MR) is 56.2 cm³/mol. The van der Waals surface area contributed by atoms with E-state index < -0.39 is 0 Å². The molecule has 0 atom stereocenters. The largest absolute Gasteiger partial charge is 0.339 e. The van der Waals surface area contributed by atoms with E-state index in [0.717, 1.165) is 11.7 Å². The van der Waals surface area contributed by atoms with Crippen LogP contribution in [0.2, 0.25) is 0 Å². The molecule has 0 N–H and O–H groups in total. The van der Waals surface area contributed by atoms with Crippen LogP contribution in [0.1, 0.15) is 63.6 Å². The maximum absolute atomic E-state index is 5.14. The highest BCUT2D eigenvalue weighted by atomic mass is 16.5. The van der Waals surface area contributed by atoms with Gasteiger partial charge in [0, 0.05) is 5.92 Å². The van der Waals surface area contributed by atoms with E-state index >= 15 is 0 Å². The molecule has 1 aliphatic rings. The van der Waals surface area contributed by atoms with Crippen molar-refractivity contribution in [1.29, 1.82) is 0 Å². The Kier molecular flexibility index (Phi) is 4.63. The Balaban J connectivity index is 0.000000461. The average molecular weight is 196 g/mol. The molecule has 0 spiro atoms. The van der Waals surface area contributed by atoms with Crippen LogP contribution in [0.3, 0.4) is 0 Å². The van der Waals surface area contributed by atoms with Gasteiger partial charge in [0.05, 0.1) is 0 Å². The van der Waals surface area contributed by atoms with E-state index in [2.05, 4.69) is 10.1 Å². The molecular formula is C11H20N2O. The number of hydrogen-bond donors (Lipinski definition) is 0. The number of rotatable bonds is 1. The van der Waals surface area contributed by atoms with Gasteiger partial charge in [-0.1, -0.05) is 38.3 Å². The fourth-order valence-electron chi connectivity index (χ4n) is 1.83. The molecule has 0 aromatic carbocycles. The molecule has 0 radical (unpaired) electrons. The number of aromatic nitrogens is 2. The van der Waals surface area contributed by atoms with Crippen molar-refractivity contribution in [3.63, 3.8) is 0 Å². The second-order valence-electron chi connectivity index (χ2n) is 3.51. The minimum atomic E-state index is 0.542. The van der Waals surface area contributed by atoms with Crippen LogP contribution in [0.25, 0.3) is 0 Å². The molecule has 0 saturated heterocycles. The van der Waals surface area contributed by atoms with Crippen molar-refractivity contribution >= 4 is 0 Å². The third kappa shape index (κ3) is 2.82. The highest BCUT2D eigenvalue weighted by Crippen LogP contribution is 2.31. The number of hydrogen-bond acceptors (Lipinski definition) is 3. The molecule has 3 nitrogen and oxygen atoms in total. The smallest absolute Gasteiger partial charge is 0.229 e. The van der Waals surface area contributed by atoms with Gasteiger partial charge in [0.25, 0.3) is 0 Å². The third-order valence-corrected chi connectivity index (χ3v) is 2.50. The minimum absolute atomic E-state index is 0.542. The molecule has 1 saturated carbocycles. The fourth-order valence-corrected chi connectivity index (χ4v) is 1.83. The maximum Gasteiger partial charge on any atom is 0.229 e. The van der Waals surface area contributed by atoms with Crippen molar-refractivity contribution in [2.24, 2.45) is 0 Å². The van der Waals surface area contributed by atoms with Crippen LogP contribution in [0.4, 0.5) is 0 Å². The summed E-state index contributed by atoms with van der Waals surface area (Å²) >= 11 is 0. The van der Waals surface area contributed by atoms with Crippen LogP contribution in [0, 0.1) is 6.92 Å². The van der Waals surface area contributed by atoms with E-state index in [-0.39, 0.29) is 0 Å². The lowest BCUT2D eigenvalue weighted by molar-refractivity contribution is 0.312. The van der Waals surface area contributed by atoms with Crippen LogP contribution in [-0.2, 0) is 0 Å². The molecular weight excluding hydrogens is 176 g/mol. The van der Waals surface area contributed by atoms with Gasteiger partial charge >= 0.3 is 0 Å². The first-order valence-electron chi connectivity index (χ1n) is 5.66. The van der Waals surface area contributed by atoms with Gasteiger partial charge in [-0.2, -0.15) is 4.98 Å². The van der Waals surface area contributed by atoms with E-state index in [9.17, 15) is 0 Å². The van der Waals surface area contributed by atoms with Gasteiger partial charge in [-0.3, -0.25) is 0 Å². The van der Waals surface area contributed by atoms with Crippen molar-refractivity contribution in [3.8, 4) is 0 Å². The Morgan fingerprint density at radius 1 is 1.14 bits per heavy atom. The third-order valence-electron chi connectivity index (χ3n) is 2.50. The summed E-state index contributed by atoms with van der Waals surface area (Å²) < 4.78 is 5.14. The summed E-state index contributed by atoms with van der Waals surface area (Å²) in [7, 11) is 0. The lowest BCUT2D eigenvalue weighted by Crippen LogP contribution is -2.04. The first kappa shape index (κ1) is 11.2. The molecule has 3 heteroatoms. The maximum atomic E-state index is 5.14. The minimum Gasteiger partial charge on any atom is -0.339 e. The van der Waals surface area contributed by atoms with Crippen LogP contribution in [-0.4, -0.2) is 10.1 Å². The first-order chi connectivity index (χ1) is 6.86. The van der Waals surface area contributed by atoms with Gasteiger partial charge < -0.3 is 4.52 Å². The van der Waals surface area contributed by atoms with Crippen molar-refractivity contribution in [3.05, 3.63) is 11.7 Å². The van der Waals surface area contributed by atoms with Crippen LogP contribution in [0.5, 0.6) is 0 Å². The molecule has 0 amide bonds. The summed E-state index contributed by atoms with van der Waals surface area (Å²) in [6.45, 7) is 5.87. The molecule has 1 aromatic rings. The Hall–Kier alpha value is -0.860. The molecule has 1 aliphatic carbocycles. The van der Waals surface area contributed by atoms with Crippen LogP contribution in [0.15, 0.2) is 4.52 Å². The highest BCUT2D eigenvalue weighted by molar-refractivity contribution is 4.93. The van der Waals surface area contributed by atoms with Gasteiger partial charge in [-0.25, -0.2) is 0 Å². The Morgan fingerprint density at radius 3 is 2.29 bits per heavy atom. The molecule has 80 valence electrons. The Labute approximate surface area is 85.9 Å². The van der Waals surface area contributed by atoms with E-state index in [1.165, 1.54) is 32.1 Å². The summed E-state index contributed by atoms with van der Waals surface area (Å²) in [5.41, 5.74) is 0. The van der Waals surface area contributed by atoms with Crippen LogP contribution >= 0.6 is 0 Å². The summed E-state index contributed by atoms with van der Waals surface area (Å²) in [6, 6.07) is 0. The Morgan fingerprint density at radius 2 is 1.79 bits per heavy atom. The second kappa shape index (κ2) is 5.78. The summed E-state index contributed by atoms with van der Waals surface area (Å²) in [4.78, 5) is 4.26. The van der Waals surface area contributed by atoms with Gasteiger partial charge in [0.15, 0.2) is 5.82 Å². The van der Waals surface area contributed by atoms with Crippen molar-refractivity contribution in [2.75, 3.05) is 0 Å². The quantitative estimate of drug-likeness (QED) is 0.690. The molecule has 1 aromatic heterocycles. The van der Waals surface area contributed by atoms with Gasteiger partial charge in [-0.15, -0.1) is 0 Å². The fraction of sp³-hybridized carbons (Fsp3) is 0.818.